The molecule has 0 bridgehead atoms. The van der Waals surface area contributed by atoms with Crippen molar-refractivity contribution in [1.29, 1.82) is 0 Å². The molecule has 0 spiro atoms. The molecule has 1 aliphatic heterocycles. The molecule has 23 heavy (non-hydrogen) atoms. The van der Waals surface area contributed by atoms with Gasteiger partial charge in [0.25, 0.3) is 0 Å². The Labute approximate surface area is 136 Å². The maximum atomic E-state index is 12.5. The number of aryl methyl sites for hydroxylation is 1. The number of aliphatic hydroxyl groups is 1. The molecule has 6 heteroatoms. The summed E-state index contributed by atoms with van der Waals surface area (Å²) in [6.45, 7) is 7.35. The summed E-state index contributed by atoms with van der Waals surface area (Å²) in [5, 5.41) is 12.6. The molecule has 1 saturated heterocycles. The molecular formula is C17H24N2O4. The number of rotatable bonds is 2. The molecule has 1 aromatic rings. The molecule has 0 unspecified atom stereocenters. The fraction of sp³-hybridized carbons (Fsp3) is 0.529. The molecule has 0 aromatic heterocycles. The minimum atomic E-state index is -0.735. The van der Waals surface area contributed by atoms with E-state index in [1.54, 1.807) is 32.9 Å². The summed E-state index contributed by atoms with van der Waals surface area (Å²) in [6.07, 6.45) is -1.11. The maximum absolute atomic E-state index is 12.5. The van der Waals surface area contributed by atoms with Gasteiger partial charge in [0, 0.05) is 12.1 Å². The minimum absolute atomic E-state index is 0.0981. The van der Waals surface area contributed by atoms with Crippen LogP contribution in [0.4, 0.5) is 10.5 Å². The first-order valence-corrected chi connectivity index (χ1v) is 7.71. The second kappa shape index (κ2) is 6.58. The Morgan fingerprint density at radius 1 is 1.26 bits per heavy atom. The van der Waals surface area contributed by atoms with Crippen LogP contribution < -0.4 is 5.32 Å². The van der Waals surface area contributed by atoms with Gasteiger partial charge in [0.1, 0.15) is 11.6 Å². The van der Waals surface area contributed by atoms with Crippen LogP contribution in [0.3, 0.4) is 0 Å². The van der Waals surface area contributed by atoms with E-state index >= 15 is 0 Å². The average Bonchev–Trinajstić information content (AvgIpc) is 2.82. The topological polar surface area (TPSA) is 78.9 Å². The van der Waals surface area contributed by atoms with Crippen LogP contribution in [0.1, 0.15) is 32.8 Å². The van der Waals surface area contributed by atoms with E-state index in [4.69, 9.17) is 4.74 Å². The molecule has 0 aliphatic carbocycles. The second-order valence-electron chi connectivity index (χ2n) is 6.89. The molecule has 1 aromatic carbocycles. The standard InChI is InChI=1S/C17H24N2O4/c1-11-5-7-12(8-6-11)18-15(21)14-9-13(20)10-19(14)16(22)23-17(2,3)4/h5-8,13-14,20H,9-10H2,1-4H3,(H,18,21)/t13-,14-/m1/s1. The lowest BCUT2D eigenvalue weighted by Gasteiger charge is -2.27. The Bertz CT molecular complexity index is 577. The maximum Gasteiger partial charge on any atom is 0.411 e. The zero-order valence-electron chi connectivity index (χ0n) is 14.0. The number of hydrogen-bond donors (Lipinski definition) is 2. The van der Waals surface area contributed by atoms with Gasteiger partial charge >= 0.3 is 6.09 Å². The van der Waals surface area contributed by atoms with E-state index in [1.165, 1.54) is 4.90 Å². The number of benzene rings is 1. The molecule has 0 radical (unpaired) electrons. The highest BCUT2D eigenvalue weighted by atomic mass is 16.6. The summed E-state index contributed by atoms with van der Waals surface area (Å²) in [5.41, 5.74) is 1.10. The monoisotopic (exact) mass is 320 g/mol. The Hall–Kier alpha value is -2.08. The SMILES string of the molecule is Cc1ccc(NC(=O)[C@H]2C[C@@H](O)CN2C(=O)OC(C)(C)C)cc1. The van der Waals surface area contributed by atoms with Crippen molar-refractivity contribution in [2.45, 2.75) is 51.9 Å². The van der Waals surface area contributed by atoms with Crippen LogP contribution >= 0.6 is 0 Å². The third-order valence-electron chi connectivity index (χ3n) is 3.53. The van der Waals surface area contributed by atoms with Crippen molar-refractivity contribution < 1.29 is 19.4 Å². The molecule has 1 aliphatic rings. The minimum Gasteiger partial charge on any atom is -0.444 e. The lowest BCUT2D eigenvalue weighted by molar-refractivity contribution is -0.120. The van der Waals surface area contributed by atoms with Gasteiger partial charge in [-0.25, -0.2) is 4.79 Å². The average molecular weight is 320 g/mol. The number of hydrogen-bond acceptors (Lipinski definition) is 4. The first kappa shape index (κ1) is 17.3. The van der Waals surface area contributed by atoms with E-state index in [-0.39, 0.29) is 18.9 Å². The van der Waals surface area contributed by atoms with Crippen LogP contribution in [0.25, 0.3) is 0 Å². The normalized spacial score (nSPS) is 21.2. The van der Waals surface area contributed by atoms with E-state index in [9.17, 15) is 14.7 Å². The molecule has 2 atom stereocenters. The number of β-amino-alcohol motifs (C(OH)–C–C–N with tert-alkyl or cyclic N) is 1. The number of nitrogens with one attached hydrogen (secondary N) is 1. The first-order chi connectivity index (χ1) is 10.7. The van der Waals surface area contributed by atoms with Gasteiger partial charge in [-0.15, -0.1) is 0 Å². The van der Waals surface area contributed by atoms with Crippen LogP contribution in [0.15, 0.2) is 24.3 Å². The van der Waals surface area contributed by atoms with Crippen molar-refractivity contribution >= 4 is 17.7 Å². The zero-order chi connectivity index (χ0) is 17.2. The third kappa shape index (κ3) is 4.69. The van der Waals surface area contributed by atoms with E-state index < -0.39 is 23.8 Å². The molecule has 1 heterocycles. The van der Waals surface area contributed by atoms with Gasteiger partial charge in [-0.1, -0.05) is 17.7 Å². The van der Waals surface area contributed by atoms with Gasteiger partial charge in [-0.05, 0) is 39.8 Å². The van der Waals surface area contributed by atoms with Gasteiger partial charge in [0.2, 0.25) is 5.91 Å². The highest BCUT2D eigenvalue weighted by Gasteiger charge is 2.40. The summed E-state index contributed by atoms with van der Waals surface area (Å²) >= 11 is 0. The van der Waals surface area contributed by atoms with Crippen molar-refractivity contribution in [3.05, 3.63) is 29.8 Å². The van der Waals surface area contributed by atoms with E-state index in [0.717, 1.165) is 5.56 Å². The quantitative estimate of drug-likeness (QED) is 0.876. The lowest BCUT2D eigenvalue weighted by atomic mass is 10.1. The van der Waals surface area contributed by atoms with Crippen LogP contribution in [-0.4, -0.2) is 46.3 Å². The third-order valence-corrected chi connectivity index (χ3v) is 3.53. The molecule has 126 valence electrons. The molecule has 1 fully saturated rings. The number of likely N-dealkylation sites (tertiary alicyclic amines) is 1. The Kier molecular flexibility index (Phi) is 4.94. The van der Waals surface area contributed by atoms with Crippen molar-refractivity contribution in [3.63, 3.8) is 0 Å². The number of amides is 2. The van der Waals surface area contributed by atoms with E-state index in [0.29, 0.717) is 5.69 Å². The van der Waals surface area contributed by atoms with Crippen molar-refractivity contribution in [3.8, 4) is 0 Å². The number of carbonyl (C=O) groups excluding carboxylic acids is 2. The number of anilines is 1. The Morgan fingerprint density at radius 2 is 1.87 bits per heavy atom. The van der Waals surface area contributed by atoms with Crippen molar-refractivity contribution in [2.75, 3.05) is 11.9 Å². The molecular weight excluding hydrogens is 296 g/mol. The number of nitrogens with zero attached hydrogens (tertiary/aromatic N) is 1. The summed E-state index contributed by atoms with van der Waals surface area (Å²) in [4.78, 5) is 26.0. The first-order valence-electron chi connectivity index (χ1n) is 7.71. The van der Waals surface area contributed by atoms with Crippen LogP contribution in [0.2, 0.25) is 0 Å². The summed E-state index contributed by atoms with van der Waals surface area (Å²) in [5.74, 6) is -0.323. The van der Waals surface area contributed by atoms with Crippen LogP contribution in [0, 0.1) is 6.92 Å². The summed E-state index contributed by atoms with van der Waals surface area (Å²) < 4.78 is 5.31. The predicted molar refractivity (Wildman–Crippen MR) is 87.2 cm³/mol. The molecule has 0 saturated carbocycles. The molecule has 6 nitrogen and oxygen atoms in total. The smallest absolute Gasteiger partial charge is 0.411 e. The van der Waals surface area contributed by atoms with Gasteiger partial charge in [0.15, 0.2) is 0 Å². The molecule has 2 N–H and O–H groups in total. The number of ether oxygens (including phenoxy) is 1. The lowest BCUT2D eigenvalue weighted by Crippen LogP contribution is -2.45. The van der Waals surface area contributed by atoms with Gasteiger partial charge in [-0.2, -0.15) is 0 Å². The molecule has 2 amide bonds. The number of aliphatic hydroxyl groups excluding tert-OH is 1. The fourth-order valence-corrected chi connectivity index (χ4v) is 2.45. The predicted octanol–water partition coefficient (Wildman–Crippen LogP) is 2.30. The highest BCUT2D eigenvalue weighted by molar-refractivity contribution is 5.97. The second-order valence-corrected chi connectivity index (χ2v) is 6.89. The van der Waals surface area contributed by atoms with Crippen molar-refractivity contribution in [1.82, 2.24) is 4.90 Å². The zero-order valence-corrected chi connectivity index (χ0v) is 14.0. The summed E-state index contributed by atoms with van der Waals surface area (Å²) in [6, 6.07) is 6.66. The fourth-order valence-electron chi connectivity index (χ4n) is 2.45. The van der Waals surface area contributed by atoms with Gasteiger partial charge in [-0.3, -0.25) is 9.69 Å². The summed E-state index contributed by atoms with van der Waals surface area (Å²) in [7, 11) is 0. The van der Waals surface area contributed by atoms with E-state index in [2.05, 4.69) is 5.32 Å². The van der Waals surface area contributed by atoms with Gasteiger partial charge < -0.3 is 15.2 Å². The molecule has 2 rings (SSSR count). The largest absolute Gasteiger partial charge is 0.444 e. The Balaban J connectivity index is 2.07. The van der Waals surface area contributed by atoms with Crippen LogP contribution in [0.5, 0.6) is 0 Å². The highest BCUT2D eigenvalue weighted by Crippen LogP contribution is 2.23. The van der Waals surface area contributed by atoms with Gasteiger partial charge in [0.05, 0.1) is 12.6 Å². The number of carbonyl (C=O) groups is 2. The Morgan fingerprint density at radius 3 is 2.43 bits per heavy atom. The van der Waals surface area contributed by atoms with Crippen molar-refractivity contribution in [2.24, 2.45) is 0 Å². The van der Waals surface area contributed by atoms with Crippen LogP contribution in [-0.2, 0) is 9.53 Å². The van der Waals surface area contributed by atoms with E-state index in [1.807, 2.05) is 19.1 Å².